The topological polar surface area (TPSA) is 88.3 Å². The van der Waals surface area contributed by atoms with Gasteiger partial charge in [-0.05, 0) is 12.1 Å². The number of imidazole rings is 1. The highest BCUT2D eigenvalue weighted by atomic mass is 35.5. The van der Waals surface area contributed by atoms with Crippen LogP contribution in [0, 0.1) is 0 Å². The number of nitrogen functional groups attached to an aromatic ring is 2. The smallest absolute Gasteiger partial charge is 0.179 e. The van der Waals surface area contributed by atoms with Crippen molar-refractivity contribution >= 4 is 17.4 Å². The second kappa shape index (κ2) is 5.37. The van der Waals surface area contributed by atoms with Gasteiger partial charge >= 0.3 is 0 Å². The largest absolute Gasteiger partial charge is 0.489 e. The van der Waals surface area contributed by atoms with E-state index in [1.807, 2.05) is 13.0 Å². The van der Waals surface area contributed by atoms with Crippen molar-refractivity contribution in [2.45, 2.75) is 19.8 Å². The molecule has 0 aliphatic carbocycles. The van der Waals surface area contributed by atoms with E-state index >= 15 is 0 Å². The standard InChI is InChI=1S/C14H17ClN4O2/c1-2-11-18-12(14(16)19(11)17)8-6-9(15)13-10(7-8)20-4-3-5-21-13/h6-7H,2-5,16-17H2,1H3. The van der Waals surface area contributed by atoms with Crippen molar-refractivity contribution in [2.24, 2.45) is 0 Å². The quantitative estimate of drug-likeness (QED) is 0.831. The minimum Gasteiger partial charge on any atom is -0.489 e. The fraction of sp³-hybridized carbons (Fsp3) is 0.357. The van der Waals surface area contributed by atoms with Crippen LogP contribution in [0.1, 0.15) is 19.2 Å². The van der Waals surface area contributed by atoms with Crippen LogP contribution in [0.3, 0.4) is 0 Å². The van der Waals surface area contributed by atoms with Gasteiger partial charge in [0.15, 0.2) is 17.3 Å². The Balaban J connectivity index is 2.11. The molecule has 0 bridgehead atoms. The van der Waals surface area contributed by atoms with Crippen LogP contribution in [0.25, 0.3) is 11.3 Å². The fourth-order valence-corrected chi connectivity index (χ4v) is 2.59. The number of nitrogens with two attached hydrogens (primary N) is 2. The number of benzene rings is 1. The lowest BCUT2D eigenvalue weighted by molar-refractivity contribution is 0.297. The average Bonchev–Trinajstić information content (AvgIpc) is 2.67. The van der Waals surface area contributed by atoms with Gasteiger partial charge in [-0.3, -0.25) is 0 Å². The summed E-state index contributed by atoms with van der Waals surface area (Å²) in [6.07, 6.45) is 1.51. The summed E-state index contributed by atoms with van der Waals surface area (Å²) >= 11 is 6.29. The van der Waals surface area contributed by atoms with E-state index in [0.717, 1.165) is 12.0 Å². The van der Waals surface area contributed by atoms with Crippen molar-refractivity contribution in [3.8, 4) is 22.8 Å². The zero-order chi connectivity index (χ0) is 15.0. The molecule has 0 saturated heterocycles. The Morgan fingerprint density at radius 2 is 2.10 bits per heavy atom. The van der Waals surface area contributed by atoms with Crippen LogP contribution in [-0.4, -0.2) is 22.9 Å². The number of aromatic nitrogens is 2. The molecule has 2 aromatic rings. The van der Waals surface area contributed by atoms with Gasteiger partial charge in [0.1, 0.15) is 11.5 Å². The van der Waals surface area contributed by atoms with Gasteiger partial charge in [-0.1, -0.05) is 18.5 Å². The first-order valence-corrected chi connectivity index (χ1v) is 7.21. The van der Waals surface area contributed by atoms with Gasteiger partial charge in [0, 0.05) is 18.4 Å². The van der Waals surface area contributed by atoms with Crippen LogP contribution < -0.4 is 21.1 Å². The third kappa shape index (κ3) is 2.35. The summed E-state index contributed by atoms with van der Waals surface area (Å²) in [6, 6.07) is 3.61. The molecule has 0 unspecified atom stereocenters. The molecule has 21 heavy (non-hydrogen) atoms. The second-order valence-electron chi connectivity index (χ2n) is 4.82. The van der Waals surface area contributed by atoms with Crippen molar-refractivity contribution < 1.29 is 9.47 Å². The summed E-state index contributed by atoms with van der Waals surface area (Å²) < 4.78 is 12.7. The monoisotopic (exact) mass is 308 g/mol. The molecule has 2 heterocycles. The summed E-state index contributed by atoms with van der Waals surface area (Å²) in [5.74, 6) is 8.19. The molecule has 1 aromatic carbocycles. The Labute approximate surface area is 127 Å². The molecule has 0 spiro atoms. The lowest BCUT2D eigenvalue weighted by atomic mass is 10.1. The van der Waals surface area contributed by atoms with Crippen molar-refractivity contribution in [1.29, 1.82) is 0 Å². The molecule has 0 amide bonds. The summed E-state index contributed by atoms with van der Waals surface area (Å²) in [5, 5.41) is 0.480. The van der Waals surface area contributed by atoms with Gasteiger partial charge in [-0.25, -0.2) is 9.66 Å². The third-order valence-corrected chi connectivity index (χ3v) is 3.69. The Kier molecular flexibility index (Phi) is 3.55. The van der Waals surface area contributed by atoms with Gasteiger partial charge in [-0.15, -0.1) is 0 Å². The number of hydrogen-bond donors (Lipinski definition) is 2. The van der Waals surface area contributed by atoms with Crippen LogP contribution in [0.4, 0.5) is 5.82 Å². The molecule has 4 N–H and O–H groups in total. The highest BCUT2D eigenvalue weighted by molar-refractivity contribution is 6.32. The Morgan fingerprint density at radius 3 is 2.81 bits per heavy atom. The number of hydrogen-bond acceptors (Lipinski definition) is 5. The molecule has 6 nitrogen and oxygen atoms in total. The molecule has 0 atom stereocenters. The molecule has 0 fully saturated rings. The average molecular weight is 309 g/mol. The van der Waals surface area contributed by atoms with E-state index in [2.05, 4.69) is 4.98 Å². The van der Waals surface area contributed by atoms with Crippen LogP contribution in [0.2, 0.25) is 5.02 Å². The number of aryl methyl sites for hydroxylation is 1. The molecule has 0 saturated carbocycles. The molecular formula is C14H17ClN4O2. The number of nitrogens with zero attached hydrogens (tertiary/aromatic N) is 2. The Hall–Kier alpha value is -2.08. The highest BCUT2D eigenvalue weighted by Crippen LogP contribution is 2.41. The van der Waals surface area contributed by atoms with Gasteiger partial charge in [0.2, 0.25) is 0 Å². The van der Waals surface area contributed by atoms with Gasteiger partial charge in [-0.2, -0.15) is 0 Å². The Bertz CT molecular complexity index is 684. The summed E-state index contributed by atoms with van der Waals surface area (Å²) in [5.41, 5.74) is 7.40. The van der Waals surface area contributed by atoms with E-state index in [0.29, 0.717) is 53.5 Å². The first kappa shape index (κ1) is 13.9. The SMILES string of the molecule is CCc1nc(-c2cc(Cl)c3c(c2)OCCCO3)c(N)n1N. The van der Waals surface area contributed by atoms with Crippen LogP contribution in [0.5, 0.6) is 11.5 Å². The first-order chi connectivity index (χ1) is 10.1. The van der Waals surface area contributed by atoms with Crippen LogP contribution >= 0.6 is 11.6 Å². The van der Waals surface area contributed by atoms with E-state index in [1.54, 1.807) is 6.07 Å². The molecule has 1 aliphatic rings. The number of halogens is 1. The predicted octanol–water partition coefficient (Wildman–Crippen LogP) is 2.22. The maximum atomic E-state index is 6.29. The van der Waals surface area contributed by atoms with Crippen LogP contribution in [0.15, 0.2) is 12.1 Å². The van der Waals surface area contributed by atoms with Crippen LogP contribution in [-0.2, 0) is 6.42 Å². The third-order valence-electron chi connectivity index (χ3n) is 3.41. The molecule has 3 rings (SSSR count). The highest BCUT2D eigenvalue weighted by Gasteiger charge is 2.20. The molecule has 112 valence electrons. The molecule has 0 radical (unpaired) electrons. The summed E-state index contributed by atoms with van der Waals surface area (Å²) in [6.45, 7) is 3.15. The minimum absolute atomic E-state index is 0.400. The zero-order valence-electron chi connectivity index (χ0n) is 11.7. The van der Waals surface area contributed by atoms with Gasteiger partial charge in [0.25, 0.3) is 0 Å². The Morgan fingerprint density at radius 1 is 1.33 bits per heavy atom. The molecular weight excluding hydrogens is 292 g/mol. The lowest BCUT2D eigenvalue weighted by Crippen LogP contribution is -2.14. The summed E-state index contributed by atoms with van der Waals surface area (Å²) in [7, 11) is 0. The van der Waals surface area contributed by atoms with Crippen molar-refractivity contribution in [1.82, 2.24) is 9.66 Å². The van der Waals surface area contributed by atoms with E-state index in [9.17, 15) is 0 Å². The number of fused-ring (bicyclic) bond motifs is 1. The maximum absolute atomic E-state index is 6.29. The maximum Gasteiger partial charge on any atom is 0.179 e. The zero-order valence-corrected chi connectivity index (χ0v) is 12.5. The van der Waals surface area contributed by atoms with Gasteiger partial charge in [0.05, 0.1) is 18.2 Å². The fourth-order valence-electron chi connectivity index (χ4n) is 2.32. The minimum atomic E-state index is 0.400. The van der Waals surface area contributed by atoms with Gasteiger partial charge < -0.3 is 21.1 Å². The van der Waals surface area contributed by atoms with Crippen molar-refractivity contribution in [3.63, 3.8) is 0 Å². The van der Waals surface area contributed by atoms with Crippen molar-refractivity contribution in [2.75, 3.05) is 24.8 Å². The second-order valence-corrected chi connectivity index (χ2v) is 5.23. The first-order valence-electron chi connectivity index (χ1n) is 6.83. The van der Waals surface area contributed by atoms with E-state index in [-0.39, 0.29) is 0 Å². The number of anilines is 1. The number of rotatable bonds is 2. The predicted molar refractivity (Wildman–Crippen MR) is 82.2 cm³/mol. The number of ether oxygens (including phenoxy) is 2. The molecule has 1 aromatic heterocycles. The van der Waals surface area contributed by atoms with E-state index in [4.69, 9.17) is 32.7 Å². The lowest BCUT2D eigenvalue weighted by Gasteiger charge is -2.11. The molecule has 7 heteroatoms. The molecule has 1 aliphatic heterocycles. The summed E-state index contributed by atoms with van der Waals surface area (Å²) in [4.78, 5) is 4.47. The van der Waals surface area contributed by atoms with E-state index in [1.165, 1.54) is 4.68 Å². The van der Waals surface area contributed by atoms with E-state index < -0.39 is 0 Å². The van der Waals surface area contributed by atoms with Crippen molar-refractivity contribution in [3.05, 3.63) is 23.0 Å². The normalized spacial score (nSPS) is 14.0.